The molecule has 0 unspecified atom stereocenters. The van der Waals surface area contributed by atoms with Crippen LogP contribution in [-0.4, -0.2) is 30.3 Å². The maximum absolute atomic E-state index is 13.3. The van der Waals surface area contributed by atoms with Gasteiger partial charge in [0.05, 0.1) is 12.8 Å². The second-order valence-corrected chi connectivity index (χ2v) is 6.48. The SMILES string of the molecule is COc1ccc(-c2c(C(=O)O)sc3c2NC(=O)C[C@@H]3C(F)(F)F)cc1. The van der Waals surface area contributed by atoms with E-state index in [9.17, 15) is 27.9 Å². The van der Waals surface area contributed by atoms with Gasteiger partial charge in [0.15, 0.2) is 0 Å². The Labute approximate surface area is 144 Å². The first kappa shape index (κ1) is 17.3. The molecule has 0 fully saturated rings. The highest BCUT2D eigenvalue weighted by atomic mass is 32.1. The van der Waals surface area contributed by atoms with Crippen molar-refractivity contribution in [2.45, 2.75) is 18.5 Å². The first-order valence-corrected chi connectivity index (χ1v) is 7.95. The van der Waals surface area contributed by atoms with Gasteiger partial charge in [0.2, 0.25) is 5.91 Å². The number of carbonyl (C=O) groups is 2. The van der Waals surface area contributed by atoms with E-state index in [0.717, 1.165) is 0 Å². The number of hydrogen-bond acceptors (Lipinski definition) is 4. The molecule has 1 amide bonds. The van der Waals surface area contributed by atoms with Crippen LogP contribution in [0.2, 0.25) is 0 Å². The van der Waals surface area contributed by atoms with Gasteiger partial charge in [-0.15, -0.1) is 11.3 Å². The van der Waals surface area contributed by atoms with Crippen molar-refractivity contribution < 1.29 is 32.6 Å². The first-order valence-electron chi connectivity index (χ1n) is 7.13. The number of thiophene rings is 1. The topological polar surface area (TPSA) is 75.6 Å². The highest BCUT2D eigenvalue weighted by Crippen LogP contribution is 2.52. The molecule has 1 atom stereocenters. The molecule has 1 aliphatic rings. The summed E-state index contributed by atoms with van der Waals surface area (Å²) >= 11 is 0.546. The van der Waals surface area contributed by atoms with Crippen molar-refractivity contribution >= 4 is 28.9 Å². The minimum atomic E-state index is -4.63. The molecule has 1 aliphatic heterocycles. The van der Waals surface area contributed by atoms with Crippen molar-refractivity contribution in [2.75, 3.05) is 12.4 Å². The van der Waals surface area contributed by atoms with Crippen molar-refractivity contribution in [1.29, 1.82) is 0 Å². The average molecular weight is 371 g/mol. The van der Waals surface area contributed by atoms with E-state index in [4.69, 9.17) is 4.74 Å². The molecule has 0 spiro atoms. The molecule has 0 saturated heterocycles. The second kappa shape index (κ2) is 6.07. The van der Waals surface area contributed by atoms with E-state index >= 15 is 0 Å². The molecule has 3 rings (SSSR count). The van der Waals surface area contributed by atoms with Crippen LogP contribution in [0.5, 0.6) is 5.75 Å². The zero-order valence-electron chi connectivity index (χ0n) is 12.8. The molecule has 1 aromatic carbocycles. The smallest absolute Gasteiger partial charge is 0.397 e. The largest absolute Gasteiger partial charge is 0.497 e. The van der Waals surface area contributed by atoms with E-state index in [1.54, 1.807) is 12.1 Å². The number of carbonyl (C=O) groups excluding carboxylic acids is 1. The summed E-state index contributed by atoms with van der Waals surface area (Å²) in [5.74, 6) is -3.63. The second-order valence-electron chi connectivity index (χ2n) is 5.43. The predicted octanol–water partition coefficient (Wildman–Crippen LogP) is 4.11. The summed E-state index contributed by atoms with van der Waals surface area (Å²) in [6.45, 7) is 0. The summed E-state index contributed by atoms with van der Waals surface area (Å²) in [5, 5.41) is 11.8. The summed E-state index contributed by atoms with van der Waals surface area (Å²) < 4.78 is 44.9. The van der Waals surface area contributed by atoms with Crippen LogP contribution in [0.4, 0.5) is 18.9 Å². The quantitative estimate of drug-likeness (QED) is 0.851. The summed E-state index contributed by atoms with van der Waals surface area (Å²) in [6, 6.07) is 6.21. The van der Waals surface area contributed by atoms with Crippen molar-refractivity contribution in [3.8, 4) is 16.9 Å². The molecule has 0 saturated carbocycles. The van der Waals surface area contributed by atoms with Crippen LogP contribution in [0.3, 0.4) is 0 Å². The molecular formula is C16H12F3NO4S. The molecule has 2 aromatic rings. The maximum Gasteiger partial charge on any atom is 0.397 e. The first-order chi connectivity index (χ1) is 11.7. The van der Waals surface area contributed by atoms with Gasteiger partial charge in [0, 0.05) is 16.9 Å². The number of fused-ring (bicyclic) bond motifs is 1. The highest BCUT2D eigenvalue weighted by molar-refractivity contribution is 7.15. The predicted molar refractivity (Wildman–Crippen MR) is 85.3 cm³/mol. The fourth-order valence-electron chi connectivity index (χ4n) is 2.73. The van der Waals surface area contributed by atoms with E-state index < -0.39 is 30.4 Å². The zero-order chi connectivity index (χ0) is 18.4. The highest BCUT2D eigenvalue weighted by Gasteiger charge is 2.47. The summed E-state index contributed by atoms with van der Waals surface area (Å²) in [6.07, 6.45) is -5.39. The lowest BCUT2D eigenvalue weighted by atomic mass is 9.93. The molecule has 0 bridgehead atoms. The van der Waals surface area contributed by atoms with Gasteiger partial charge in [-0.25, -0.2) is 4.79 Å². The van der Waals surface area contributed by atoms with Gasteiger partial charge < -0.3 is 15.2 Å². The van der Waals surface area contributed by atoms with Crippen LogP contribution >= 0.6 is 11.3 Å². The maximum atomic E-state index is 13.3. The van der Waals surface area contributed by atoms with E-state index in [-0.39, 0.29) is 21.0 Å². The third kappa shape index (κ3) is 3.07. The number of carboxylic acid groups (broad SMARTS) is 1. The standard InChI is InChI=1S/C16H12F3NO4S/c1-24-8-4-2-7(3-5-8)11-12-13(25-14(11)15(22)23)9(16(17,18)19)6-10(21)20-12/h2-5,9H,6H2,1H3,(H,20,21)(H,22,23)/t9-/m0/s1. The van der Waals surface area contributed by atoms with Crippen LogP contribution in [0.25, 0.3) is 11.1 Å². The van der Waals surface area contributed by atoms with E-state index in [2.05, 4.69) is 5.32 Å². The Morgan fingerprint density at radius 3 is 2.48 bits per heavy atom. The number of benzene rings is 1. The van der Waals surface area contributed by atoms with Crippen LogP contribution in [0, 0.1) is 0 Å². The number of aromatic carboxylic acids is 1. The van der Waals surface area contributed by atoms with Crippen LogP contribution in [0.15, 0.2) is 24.3 Å². The van der Waals surface area contributed by atoms with Gasteiger partial charge in [-0.3, -0.25) is 4.79 Å². The molecule has 2 heterocycles. The van der Waals surface area contributed by atoms with Crippen molar-refractivity contribution in [1.82, 2.24) is 0 Å². The third-order valence-corrected chi connectivity index (χ3v) is 5.17. The van der Waals surface area contributed by atoms with E-state index in [0.29, 0.717) is 22.6 Å². The fourth-order valence-corrected chi connectivity index (χ4v) is 3.98. The lowest BCUT2D eigenvalue weighted by Crippen LogP contribution is -2.30. The lowest BCUT2D eigenvalue weighted by Gasteiger charge is -2.25. The minimum absolute atomic E-state index is 0.0776. The Kier molecular flexibility index (Phi) is 4.19. The average Bonchev–Trinajstić information content (AvgIpc) is 2.92. The number of rotatable bonds is 3. The van der Waals surface area contributed by atoms with Gasteiger partial charge in [0.1, 0.15) is 16.5 Å². The number of nitrogens with one attached hydrogen (secondary N) is 1. The number of ether oxygens (including phenoxy) is 1. The molecular weight excluding hydrogens is 359 g/mol. The number of anilines is 1. The summed E-state index contributed by atoms with van der Waals surface area (Å²) in [7, 11) is 1.46. The van der Waals surface area contributed by atoms with Crippen LogP contribution < -0.4 is 10.1 Å². The van der Waals surface area contributed by atoms with E-state index in [1.165, 1.54) is 19.2 Å². The number of methoxy groups -OCH3 is 1. The molecule has 9 heteroatoms. The number of amides is 1. The van der Waals surface area contributed by atoms with Gasteiger partial charge in [0.25, 0.3) is 0 Å². The molecule has 0 radical (unpaired) electrons. The Morgan fingerprint density at radius 2 is 1.96 bits per heavy atom. The number of alkyl halides is 3. The van der Waals surface area contributed by atoms with Gasteiger partial charge in [-0.05, 0) is 17.7 Å². The van der Waals surface area contributed by atoms with Gasteiger partial charge >= 0.3 is 12.1 Å². The van der Waals surface area contributed by atoms with Crippen molar-refractivity contribution in [2.24, 2.45) is 0 Å². The number of carboxylic acids is 1. The number of halogens is 3. The molecule has 132 valence electrons. The van der Waals surface area contributed by atoms with Crippen molar-refractivity contribution in [3.05, 3.63) is 34.0 Å². The molecule has 25 heavy (non-hydrogen) atoms. The molecule has 5 nitrogen and oxygen atoms in total. The molecule has 0 aliphatic carbocycles. The van der Waals surface area contributed by atoms with E-state index in [1.807, 2.05) is 0 Å². The molecule has 1 aromatic heterocycles. The summed E-state index contributed by atoms with van der Waals surface area (Å²) in [4.78, 5) is 22.9. The van der Waals surface area contributed by atoms with Crippen LogP contribution in [0.1, 0.15) is 26.9 Å². The zero-order valence-corrected chi connectivity index (χ0v) is 13.6. The number of hydrogen-bond donors (Lipinski definition) is 2. The minimum Gasteiger partial charge on any atom is -0.497 e. The van der Waals surface area contributed by atoms with Crippen LogP contribution in [-0.2, 0) is 4.79 Å². The monoisotopic (exact) mass is 371 g/mol. The Bertz CT molecular complexity index is 842. The third-order valence-electron chi connectivity index (χ3n) is 3.87. The van der Waals surface area contributed by atoms with Gasteiger partial charge in [-0.1, -0.05) is 12.1 Å². The Balaban J connectivity index is 2.23. The Morgan fingerprint density at radius 1 is 1.32 bits per heavy atom. The fraction of sp³-hybridized carbons (Fsp3) is 0.250. The normalized spacial score (nSPS) is 17.0. The Hall–Kier alpha value is -2.55. The lowest BCUT2D eigenvalue weighted by molar-refractivity contribution is -0.156. The van der Waals surface area contributed by atoms with Crippen molar-refractivity contribution in [3.63, 3.8) is 0 Å². The summed E-state index contributed by atoms with van der Waals surface area (Å²) in [5.41, 5.74) is 0.391. The molecule has 2 N–H and O–H groups in total. The van der Waals surface area contributed by atoms with Gasteiger partial charge in [-0.2, -0.15) is 13.2 Å².